The number of amides is 2. The first-order valence-corrected chi connectivity index (χ1v) is 11.4. The van der Waals surface area contributed by atoms with Crippen LogP contribution in [-0.4, -0.2) is 50.0 Å². The van der Waals surface area contributed by atoms with E-state index >= 15 is 0 Å². The number of rotatable bonds is 12. The van der Waals surface area contributed by atoms with E-state index in [1.807, 2.05) is 13.8 Å². The van der Waals surface area contributed by atoms with Crippen molar-refractivity contribution in [3.8, 4) is 0 Å². The van der Waals surface area contributed by atoms with Gasteiger partial charge in [0.25, 0.3) is 5.91 Å². The molecule has 0 aliphatic carbocycles. The van der Waals surface area contributed by atoms with Crippen molar-refractivity contribution >= 4 is 41.1 Å². The summed E-state index contributed by atoms with van der Waals surface area (Å²) in [4.78, 5) is 59.2. The molecule has 0 aromatic heterocycles. The Hall–Kier alpha value is -4.21. The number of anilines is 2. The number of carbonyl (C=O) groups is 5. The number of ether oxygens (including phenoxy) is 3. The lowest BCUT2D eigenvalue weighted by atomic mass is 10.2. The Labute approximate surface area is 209 Å². The van der Waals surface area contributed by atoms with Crippen molar-refractivity contribution in [1.82, 2.24) is 0 Å². The van der Waals surface area contributed by atoms with E-state index in [1.165, 1.54) is 31.4 Å². The third-order valence-corrected chi connectivity index (χ3v) is 4.69. The van der Waals surface area contributed by atoms with E-state index in [0.717, 1.165) is 0 Å². The fourth-order valence-corrected chi connectivity index (χ4v) is 2.85. The maximum Gasteiger partial charge on any atom is 0.338 e. The lowest BCUT2D eigenvalue weighted by Gasteiger charge is -2.09. The number of nitrogens with one attached hydrogen (secondary N) is 2. The molecule has 0 saturated carbocycles. The highest BCUT2D eigenvalue weighted by atomic mass is 16.5. The minimum atomic E-state index is -0.608. The Morgan fingerprint density at radius 3 is 1.78 bits per heavy atom. The largest absolute Gasteiger partial charge is 0.465 e. The molecule has 2 aromatic rings. The molecule has 2 aromatic carbocycles. The van der Waals surface area contributed by atoms with E-state index in [9.17, 15) is 24.0 Å². The van der Waals surface area contributed by atoms with E-state index in [0.29, 0.717) is 29.1 Å². The second kappa shape index (κ2) is 14.2. The molecule has 0 fully saturated rings. The molecule has 0 aliphatic rings. The second-order valence-corrected chi connectivity index (χ2v) is 8.25. The average Bonchev–Trinajstić information content (AvgIpc) is 2.86. The Morgan fingerprint density at radius 2 is 1.25 bits per heavy atom. The summed E-state index contributed by atoms with van der Waals surface area (Å²) in [5.41, 5.74) is 1.67. The number of hydrogen-bond acceptors (Lipinski definition) is 8. The fourth-order valence-electron chi connectivity index (χ4n) is 2.85. The second-order valence-electron chi connectivity index (χ2n) is 8.25. The van der Waals surface area contributed by atoms with Crippen LogP contribution in [0.5, 0.6) is 0 Å². The summed E-state index contributed by atoms with van der Waals surface area (Å²) in [5.74, 6) is -2.13. The fraction of sp³-hybridized carbons (Fsp3) is 0.346. The lowest BCUT2D eigenvalue weighted by molar-refractivity contribution is -0.147. The molecule has 0 saturated heterocycles. The van der Waals surface area contributed by atoms with E-state index in [4.69, 9.17) is 9.47 Å². The third kappa shape index (κ3) is 9.96. The van der Waals surface area contributed by atoms with Gasteiger partial charge in [-0.15, -0.1) is 0 Å². The Balaban J connectivity index is 1.65. The third-order valence-electron chi connectivity index (χ3n) is 4.69. The summed E-state index contributed by atoms with van der Waals surface area (Å²) in [7, 11) is 1.27. The maximum atomic E-state index is 12.1. The zero-order chi connectivity index (χ0) is 26.5. The highest BCUT2D eigenvalue weighted by Crippen LogP contribution is 2.13. The van der Waals surface area contributed by atoms with Crippen LogP contribution in [0.2, 0.25) is 0 Å². The van der Waals surface area contributed by atoms with Crippen LogP contribution in [0.4, 0.5) is 11.4 Å². The van der Waals surface area contributed by atoms with Crippen LogP contribution < -0.4 is 10.6 Å². The van der Waals surface area contributed by atoms with Gasteiger partial charge in [-0.25, -0.2) is 9.59 Å². The number of carbonyl (C=O) groups excluding carboxylic acids is 5. The van der Waals surface area contributed by atoms with Crippen LogP contribution in [0.1, 0.15) is 53.8 Å². The summed E-state index contributed by atoms with van der Waals surface area (Å²) in [5, 5.41) is 5.23. The molecule has 0 heterocycles. The van der Waals surface area contributed by atoms with E-state index < -0.39 is 30.4 Å². The first-order chi connectivity index (χ1) is 17.2. The van der Waals surface area contributed by atoms with E-state index in [1.54, 1.807) is 24.3 Å². The molecule has 0 atom stereocenters. The van der Waals surface area contributed by atoms with Gasteiger partial charge in [-0.2, -0.15) is 0 Å². The van der Waals surface area contributed by atoms with Gasteiger partial charge in [0.2, 0.25) is 5.91 Å². The summed E-state index contributed by atoms with van der Waals surface area (Å²) in [6, 6.07) is 12.4. The van der Waals surface area contributed by atoms with Crippen molar-refractivity contribution in [1.29, 1.82) is 0 Å². The van der Waals surface area contributed by atoms with Gasteiger partial charge >= 0.3 is 17.9 Å². The molecule has 10 nitrogen and oxygen atoms in total. The van der Waals surface area contributed by atoms with Gasteiger partial charge in [-0.3, -0.25) is 14.4 Å². The number of methoxy groups -OCH3 is 1. The molecular formula is C26H30N2O8. The number of benzene rings is 2. The van der Waals surface area contributed by atoms with E-state index in [-0.39, 0.29) is 31.1 Å². The molecule has 0 unspecified atom stereocenters. The number of esters is 3. The standard InChI is InChI=1S/C26H30N2O8/c1-17(2)15-36-26(33)19-9-13-20(14-10-19)27-22(29)5-4-6-24(31)35-16-23(30)28-21-11-7-18(8-12-21)25(32)34-3/h7-14,17H,4-6,15-16H2,1-3H3,(H,27,29)(H,28,30). The highest BCUT2D eigenvalue weighted by molar-refractivity contribution is 5.95. The predicted octanol–water partition coefficient (Wildman–Crippen LogP) is 3.58. The molecule has 2 N–H and O–H groups in total. The average molecular weight is 499 g/mol. The minimum Gasteiger partial charge on any atom is -0.465 e. The maximum absolute atomic E-state index is 12.1. The van der Waals surface area contributed by atoms with Crippen molar-refractivity contribution in [2.24, 2.45) is 5.92 Å². The molecule has 0 spiro atoms. The summed E-state index contributed by atoms with van der Waals surface area (Å²) in [6.07, 6.45) is 0.280. The number of hydrogen-bond donors (Lipinski definition) is 2. The Kier molecular flexibility index (Phi) is 11.1. The van der Waals surface area contributed by atoms with Crippen LogP contribution in [0.25, 0.3) is 0 Å². The van der Waals surface area contributed by atoms with Crippen molar-refractivity contribution in [3.63, 3.8) is 0 Å². The predicted molar refractivity (Wildman–Crippen MR) is 131 cm³/mol. The summed E-state index contributed by atoms with van der Waals surface area (Å²) >= 11 is 0. The van der Waals surface area contributed by atoms with Gasteiger partial charge in [0.1, 0.15) is 0 Å². The first-order valence-electron chi connectivity index (χ1n) is 11.4. The molecular weight excluding hydrogens is 468 g/mol. The van der Waals surface area contributed by atoms with Gasteiger partial charge in [0.05, 0.1) is 24.8 Å². The SMILES string of the molecule is COC(=O)c1ccc(NC(=O)COC(=O)CCCC(=O)Nc2ccc(C(=O)OCC(C)C)cc2)cc1. The first kappa shape index (κ1) is 28.0. The smallest absolute Gasteiger partial charge is 0.338 e. The molecule has 0 radical (unpaired) electrons. The van der Waals surface area contributed by atoms with Crippen LogP contribution in [-0.2, 0) is 28.6 Å². The Bertz CT molecular complexity index is 1060. The van der Waals surface area contributed by atoms with Gasteiger partial charge in [0.15, 0.2) is 6.61 Å². The van der Waals surface area contributed by atoms with E-state index in [2.05, 4.69) is 15.4 Å². The lowest BCUT2D eigenvalue weighted by Crippen LogP contribution is -2.21. The van der Waals surface area contributed by atoms with Crippen LogP contribution >= 0.6 is 0 Å². The highest BCUT2D eigenvalue weighted by Gasteiger charge is 2.12. The van der Waals surface area contributed by atoms with Crippen LogP contribution in [0.15, 0.2) is 48.5 Å². The molecule has 2 rings (SSSR count). The molecule has 36 heavy (non-hydrogen) atoms. The Morgan fingerprint density at radius 1 is 0.722 bits per heavy atom. The normalized spacial score (nSPS) is 10.3. The summed E-state index contributed by atoms with van der Waals surface area (Å²) < 4.78 is 14.7. The van der Waals surface area contributed by atoms with Crippen LogP contribution in [0, 0.1) is 5.92 Å². The molecule has 2 amide bonds. The van der Waals surface area contributed by atoms with Gasteiger partial charge < -0.3 is 24.8 Å². The monoisotopic (exact) mass is 498 g/mol. The van der Waals surface area contributed by atoms with Crippen molar-refractivity contribution in [2.75, 3.05) is 31.0 Å². The van der Waals surface area contributed by atoms with Crippen molar-refractivity contribution < 1.29 is 38.2 Å². The molecule has 10 heteroatoms. The minimum absolute atomic E-state index is 0.0326. The topological polar surface area (TPSA) is 137 Å². The van der Waals surface area contributed by atoms with Gasteiger partial charge in [-0.1, -0.05) is 13.8 Å². The van der Waals surface area contributed by atoms with Crippen molar-refractivity contribution in [2.45, 2.75) is 33.1 Å². The zero-order valence-corrected chi connectivity index (χ0v) is 20.5. The van der Waals surface area contributed by atoms with Crippen molar-refractivity contribution in [3.05, 3.63) is 59.7 Å². The van der Waals surface area contributed by atoms with Crippen LogP contribution in [0.3, 0.4) is 0 Å². The zero-order valence-electron chi connectivity index (χ0n) is 20.5. The summed E-state index contributed by atoms with van der Waals surface area (Å²) in [6.45, 7) is 3.74. The molecule has 0 aliphatic heterocycles. The quantitative estimate of drug-likeness (QED) is 0.335. The van der Waals surface area contributed by atoms with Gasteiger partial charge in [0, 0.05) is 24.2 Å². The molecule has 192 valence electrons. The molecule has 0 bridgehead atoms. The van der Waals surface area contributed by atoms with Gasteiger partial charge in [-0.05, 0) is 60.9 Å².